The minimum absolute atomic E-state index is 0.0417. The van der Waals surface area contributed by atoms with Gasteiger partial charge in [-0.1, -0.05) is 42.5 Å². The number of benzene rings is 2. The zero-order chi connectivity index (χ0) is 15.5. The van der Waals surface area contributed by atoms with Crippen molar-refractivity contribution in [2.24, 2.45) is 0 Å². The lowest BCUT2D eigenvalue weighted by Gasteiger charge is -2.10. The van der Waals surface area contributed by atoms with Crippen LogP contribution in [0.3, 0.4) is 0 Å². The fourth-order valence-corrected chi connectivity index (χ4v) is 2.46. The Labute approximate surface area is 132 Å². The van der Waals surface area contributed by atoms with Crippen molar-refractivity contribution in [2.45, 2.75) is 5.38 Å². The quantitative estimate of drug-likeness (QED) is 0.429. The molecular weight excluding hydrogens is 298 g/mol. The van der Waals surface area contributed by atoms with Crippen LogP contribution in [0.5, 0.6) is 0 Å². The van der Waals surface area contributed by atoms with E-state index in [0.717, 1.165) is 11.0 Å². The highest BCUT2D eigenvalue weighted by atomic mass is 35.5. The summed E-state index contributed by atoms with van der Waals surface area (Å²) in [6.07, 6.45) is 0. The Morgan fingerprint density at radius 2 is 1.82 bits per heavy atom. The van der Waals surface area contributed by atoms with Crippen LogP contribution in [0.15, 0.2) is 60.4 Å². The molecular formula is C17H12ClN3O. The van der Waals surface area contributed by atoms with Crippen LogP contribution in [0.25, 0.3) is 16.6 Å². The van der Waals surface area contributed by atoms with Gasteiger partial charge in [0.2, 0.25) is 0 Å². The van der Waals surface area contributed by atoms with E-state index in [4.69, 9.17) is 11.6 Å². The van der Waals surface area contributed by atoms with E-state index in [9.17, 15) is 10.4 Å². The highest BCUT2D eigenvalue weighted by Crippen LogP contribution is 2.31. The molecule has 0 amide bonds. The van der Waals surface area contributed by atoms with Crippen LogP contribution in [-0.4, -0.2) is 15.1 Å². The van der Waals surface area contributed by atoms with Gasteiger partial charge in [-0.05, 0) is 17.7 Å². The summed E-state index contributed by atoms with van der Waals surface area (Å²) in [4.78, 5) is 7.35. The van der Waals surface area contributed by atoms with E-state index in [1.54, 1.807) is 12.1 Å². The zero-order valence-electron chi connectivity index (χ0n) is 11.5. The number of para-hydroxylation sites is 2. The Kier molecular flexibility index (Phi) is 3.82. The number of aliphatic hydroxyl groups excluding tert-OH is 1. The molecule has 0 saturated carbocycles. The summed E-state index contributed by atoms with van der Waals surface area (Å²) in [5, 5.41) is 19.0. The summed E-state index contributed by atoms with van der Waals surface area (Å²) in [5.74, 6) is 0.0946. The number of fused-ring (bicyclic) bond motifs is 1. The number of imidazole rings is 1. The zero-order valence-corrected chi connectivity index (χ0v) is 12.2. The fraction of sp³-hybridized carbons (Fsp3) is 0.0588. The average Bonchev–Trinajstić information content (AvgIpc) is 2.99. The minimum atomic E-state index is -0.802. The molecule has 3 rings (SSSR count). The molecule has 1 heterocycles. The summed E-state index contributed by atoms with van der Waals surface area (Å²) >= 11 is 6.28. The van der Waals surface area contributed by atoms with Crippen LogP contribution in [0.1, 0.15) is 16.8 Å². The van der Waals surface area contributed by atoms with Gasteiger partial charge < -0.3 is 10.1 Å². The van der Waals surface area contributed by atoms with Gasteiger partial charge in [0, 0.05) is 0 Å². The van der Waals surface area contributed by atoms with Gasteiger partial charge >= 0.3 is 0 Å². The molecule has 2 N–H and O–H groups in total. The van der Waals surface area contributed by atoms with Crippen LogP contribution in [0.2, 0.25) is 0 Å². The van der Waals surface area contributed by atoms with Gasteiger partial charge in [0.15, 0.2) is 5.82 Å². The predicted molar refractivity (Wildman–Crippen MR) is 86.3 cm³/mol. The number of rotatable bonds is 3. The first-order valence-electron chi connectivity index (χ1n) is 6.68. The maximum Gasteiger partial charge on any atom is 0.152 e. The average molecular weight is 310 g/mol. The van der Waals surface area contributed by atoms with Gasteiger partial charge in [-0.3, -0.25) is 0 Å². The minimum Gasteiger partial charge on any atom is -0.509 e. The van der Waals surface area contributed by atoms with Crippen molar-refractivity contribution in [1.82, 2.24) is 9.97 Å². The van der Waals surface area contributed by atoms with Crippen molar-refractivity contribution in [2.75, 3.05) is 0 Å². The van der Waals surface area contributed by atoms with Gasteiger partial charge in [0.05, 0.1) is 11.0 Å². The van der Waals surface area contributed by atoms with E-state index in [1.807, 2.05) is 48.5 Å². The van der Waals surface area contributed by atoms with Crippen LogP contribution in [-0.2, 0) is 0 Å². The SMILES string of the molecule is N#CC(=C(O)C(Cl)c1ccccc1)c1nc2ccccc2[nH]1. The maximum absolute atomic E-state index is 10.4. The first kappa shape index (κ1) is 14.2. The summed E-state index contributed by atoms with van der Waals surface area (Å²) in [6.45, 7) is 0. The summed E-state index contributed by atoms with van der Waals surface area (Å²) in [7, 11) is 0. The van der Waals surface area contributed by atoms with Crippen molar-refractivity contribution in [3.8, 4) is 6.07 Å². The molecule has 1 unspecified atom stereocenters. The molecule has 4 nitrogen and oxygen atoms in total. The molecule has 1 atom stereocenters. The van der Waals surface area contributed by atoms with Gasteiger partial charge in [-0.2, -0.15) is 5.26 Å². The molecule has 108 valence electrons. The third-order valence-electron chi connectivity index (χ3n) is 3.33. The topological polar surface area (TPSA) is 72.7 Å². The van der Waals surface area contributed by atoms with Crippen LogP contribution >= 0.6 is 11.6 Å². The molecule has 0 aliphatic rings. The molecule has 0 aliphatic carbocycles. The molecule has 5 heteroatoms. The normalized spacial score (nSPS) is 13.5. The van der Waals surface area contributed by atoms with Crippen LogP contribution in [0.4, 0.5) is 0 Å². The number of aliphatic hydroxyl groups is 1. The Morgan fingerprint density at radius 1 is 1.14 bits per heavy atom. The molecule has 3 aromatic rings. The number of nitrogens with one attached hydrogen (secondary N) is 1. The molecule has 0 saturated heterocycles. The third-order valence-corrected chi connectivity index (χ3v) is 3.79. The second kappa shape index (κ2) is 5.92. The van der Waals surface area contributed by atoms with Crippen molar-refractivity contribution in [1.29, 1.82) is 5.26 Å². The number of hydrogen-bond acceptors (Lipinski definition) is 3. The van der Waals surface area contributed by atoms with E-state index in [1.165, 1.54) is 0 Å². The van der Waals surface area contributed by atoms with E-state index < -0.39 is 5.38 Å². The van der Waals surface area contributed by atoms with E-state index >= 15 is 0 Å². The Hall–Kier alpha value is -2.77. The van der Waals surface area contributed by atoms with Gasteiger partial charge in [0.1, 0.15) is 22.8 Å². The molecule has 0 aliphatic heterocycles. The Bertz CT molecular complexity index is 845. The lowest BCUT2D eigenvalue weighted by molar-refractivity contribution is 0.397. The molecule has 0 spiro atoms. The number of aromatic amines is 1. The number of halogens is 1. The van der Waals surface area contributed by atoms with Crippen molar-refractivity contribution in [3.05, 3.63) is 71.7 Å². The highest BCUT2D eigenvalue weighted by Gasteiger charge is 2.20. The van der Waals surface area contributed by atoms with E-state index in [2.05, 4.69) is 9.97 Å². The van der Waals surface area contributed by atoms with E-state index in [0.29, 0.717) is 11.4 Å². The fourth-order valence-electron chi connectivity index (χ4n) is 2.21. The summed E-state index contributed by atoms with van der Waals surface area (Å²) in [5.41, 5.74) is 2.28. The molecule has 1 aromatic heterocycles. The van der Waals surface area contributed by atoms with Gasteiger partial charge in [-0.25, -0.2) is 4.98 Å². The first-order valence-corrected chi connectivity index (χ1v) is 7.11. The second-order valence-electron chi connectivity index (χ2n) is 4.75. The van der Waals surface area contributed by atoms with Gasteiger partial charge in [0.25, 0.3) is 0 Å². The number of nitriles is 1. The maximum atomic E-state index is 10.4. The number of H-pyrrole nitrogens is 1. The number of nitrogens with zero attached hydrogens (tertiary/aromatic N) is 2. The van der Waals surface area contributed by atoms with Gasteiger partial charge in [-0.15, -0.1) is 11.6 Å². The number of aromatic nitrogens is 2. The van der Waals surface area contributed by atoms with Crippen LogP contribution in [0, 0.1) is 11.3 Å². The van der Waals surface area contributed by atoms with Crippen molar-refractivity contribution < 1.29 is 5.11 Å². The van der Waals surface area contributed by atoms with Crippen LogP contribution < -0.4 is 0 Å². The molecule has 0 bridgehead atoms. The lowest BCUT2D eigenvalue weighted by atomic mass is 10.1. The third kappa shape index (κ3) is 2.54. The molecule has 22 heavy (non-hydrogen) atoms. The Balaban J connectivity index is 2.07. The summed E-state index contributed by atoms with van der Waals surface area (Å²) in [6, 6.07) is 18.5. The highest BCUT2D eigenvalue weighted by molar-refractivity contribution is 6.23. The first-order chi connectivity index (χ1) is 10.7. The standard InChI is InChI=1S/C17H12ClN3O/c18-15(11-6-2-1-3-7-11)16(22)12(10-19)17-20-13-8-4-5-9-14(13)21-17/h1-9,15,22H,(H,20,21). The second-order valence-corrected chi connectivity index (χ2v) is 5.18. The molecule has 2 aromatic carbocycles. The van der Waals surface area contributed by atoms with Crippen molar-refractivity contribution in [3.63, 3.8) is 0 Å². The largest absolute Gasteiger partial charge is 0.509 e. The van der Waals surface area contributed by atoms with E-state index in [-0.39, 0.29) is 11.3 Å². The van der Waals surface area contributed by atoms with Crippen molar-refractivity contribution >= 4 is 28.2 Å². The lowest BCUT2D eigenvalue weighted by Crippen LogP contribution is -1.99. The smallest absolute Gasteiger partial charge is 0.152 e. The Morgan fingerprint density at radius 3 is 2.50 bits per heavy atom. The summed E-state index contributed by atoms with van der Waals surface area (Å²) < 4.78 is 0. The number of hydrogen-bond donors (Lipinski definition) is 2. The number of allylic oxidation sites excluding steroid dienone is 2. The number of alkyl halides is 1. The monoisotopic (exact) mass is 309 g/mol. The molecule has 0 radical (unpaired) electrons. The predicted octanol–water partition coefficient (Wildman–Crippen LogP) is 4.34. The molecule has 0 fully saturated rings.